The first-order valence-corrected chi connectivity index (χ1v) is 7.47. The predicted molar refractivity (Wildman–Crippen MR) is 78.7 cm³/mol. The first kappa shape index (κ1) is 14.8. The molecule has 2 rings (SSSR count). The Morgan fingerprint density at radius 3 is 2.79 bits per heavy atom. The molecule has 2 unspecified atom stereocenters. The lowest BCUT2D eigenvalue weighted by Gasteiger charge is -2.25. The minimum absolute atomic E-state index is 0.156. The fourth-order valence-electron chi connectivity index (χ4n) is 2.71. The summed E-state index contributed by atoms with van der Waals surface area (Å²) in [5.74, 6) is 1.22. The standard InChI is InChI=1S/C15H21BrO3/c1-9(2)14(18-3)13(17)8-11-7-12(16)6-10-4-5-19-15(10)11/h6-7,9,13-14,17H,4-5,8H2,1-3H3. The van der Waals surface area contributed by atoms with Crippen LogP contribution in [0.5, 0.6) is 5.75 Å². The van der Waals surface area contributed by atoms with E-state index in [1.807, 2.05) is 6.07 Å². The molecular weight excluding hydrogens is 308 g/mol. The van der Waals surface area contributed by atoms with Gasteiger partial charge in [-0.05, 0) is 29.2 Å². The smallest absolute Gasteiger partial charge is 0.125 e. The van der Waals surface area contributed by atoms with Crippen molar-refractivity contribution in [2.45, 2.75) is 38.9 Å². The summed E-state index contributed by atoms with van der Waals surface area (Å²) < 4.78 is 12.1. The topological polar surface area (TPSA) is 38.7 Å². The molecule has 0 fully saturated rings. The fourth-order valence-corrected chi connectivity index (χ4v) is 3.27. The van der Waals surface area contributed by atoms with Gasteiger partial charge in [0.1, 0.15) is 5.75 Å². The van der Waals surface area contributed by atoms with Crippen molar-refractivity contribution in [3.05, 3.63) is 27.7 Å². The first-order chi connectivity index (χ1) is 9.02. The third kappa shape index (κ3) is 3.30. The van der Waals surface area contributed by atoms with Gasteiger partial charge in [-0.25, -0.2) is 0 Å². The maximum atomic E-state index is 10.4. The quantitative estimate of drug-likeness (QED) is 0.903. The summed E-state index contributed by atoms with van der Waals surface area (Å²) in [6.45, 7) is 4.84. The van der Waals surface area contributed by atoms with Crippen LogP contribution in [0.3, 0.4) is 0 Å². The molecule has 0 aliphatic carbocycles. The molecule has 0 saturated heterocycles. The summed E-state index contributed by atoms with van der Waals surface area (Å²) in [4.78, 5) is 0. The van der Waals surface area contributed by atoms with E-state index in [2.05, 4.69) is 35.8 Å². The van der Waals surface area contributed by atoms with E-state index in [-0.39, 0.29) is 12.0 Å². The van der Waals surface area contributed by atoms with E-state index in [4.69, 9.17) is 9.47 Å². The lowest BCUT2D eigenvalue weighted by molar-refractivity contribution is -0.0369. The van der Waals surface area contributed by atoms with Crippen LogP contribution in [0.1, 0.15) is 25.0 Å². The maximum Gasteiger partial charge on any atom is 0.125 e. The van der Waals surface area contributed by atoms with Gasteiger partial charge in [-0.1, -0.05) is 29.8 Å². The van der Waals surface area contributed by atoms with E-state index in [1.165, 1.54) is 5.56 Å². The van der Waals surface area contributed by atoms with Crippen LogP contribution in [-0.4, -0.2) is 31.0 Å². The third-order valence-corrected chi connectivity index (χ3v) is 4.02. The zero-order valence-electron chi connectivity index (χ0n) is 11.6. The molecular formula is C15H21BrO3. The highest BCUT2D eigenvalue weighted by atomic mass is 79.9. The second-order valence-corrected chi connectivity index (χ2v) is 6.28. The summed E-state index contributed by atoms with van der Waals surface area (Å²) in [6.07, 6.45) is 0.817. The molecule has 2 atom stereocenters. The van der Waals surface area contributed by atoms with Crippen molar-refractivity contribution in [3.63, 3.8) is 0 Å². The molecule has 0 spiro atoms. The van der Waals surface area contributed by atoms with Gasteiger partial charge >= 0.3 is 0 Å². The number of benzene rings is 1. The average molecular weight is 329 g/mol. The molecule has 1 heterocycles. The molecule has 19 heavy (non-hydrogen) atoms. The SMILES string of the molecule is COC(C(C)C)C(O)Cc1cc(Br)cc2c1OCC2. The summed E-state index contributed by atoms with van der Waals surface area (Å²) in [6, 6.07) is 4.12. The average Bonchev–Trinajstić information content (AvgIpc) is 2.77. The Kier molecular flexibility index (Phi) is 4.87. The highest BCUT2D eigenvalue weighted by Crippen LogP contribution is 2.34. The fraction of sp³-hybridized carbons (Fsp3) is 0.600. The number of aliphatic hydroxyl groups excluding tert-OH is 1. The first-order valence-electron chi connectivity index (χ1n) is 6.68. The number of hydrogen-bond acceptors (Lipinski definition) is 3. The predicted octanol–water partition coefficient (Wildman–Crippen LogP) is 2.96. The van der Waals surface area contributed by atoms with E-state index in [9.17, 15) is 5.11 Å². The van der Waals surface area contributed by atoms with Crippen molar-refractivity contribution < 1.29 is 14.6 Å². The monoisotopic (exact) mass is 328 g/mol. The zero-order valence-corrected chi connectivity index (χ0v) is 13.2. The number of ether oxygens (including phenoxy) is 2. The Morgan fingerprint density at radius 1 is 1.42 bits per heavy atom. The van der Waals surface area contributed by atoms with Crippen LogP contribution in [0.2, 0.25) is 0 Å². The van der Waals surface area contributed by atoms with Crippen LogP contribution in [0.15, 0.2) is 16.6 Å². The molecule has 1 aliphatic heterocycles. The second kappa shape index (κ2) is 6.25. The van der Waals surface area contributed by atoms with Gasteiger partial charge in [-0.15, -0.1) is 0 Å². The van der Waals surface area contributed by atoms with Gasteiger partial charge in [0.2, 0.25) is 0 Å². The molecule has 0 radical (unpaired) electrons. The van der Waals surface area contributed by atoms with Crippen molar-refractivity contribution in [2.24, 2.45) is 5.92 Å². The van der Waals surface area contributed by atoms with Crippen LogP contribution in [0.25, 0.3) is 0 Å². The maximum absolute atomic E-state index is 10.4. The van der Waals surface area contributed by atoms with Crippen LogP contribution < -0.4 is 4.74 Å². The number of rotatable bonds is 5. The number of hydrogen-bond donors (Lipinski definition) is 1. The molecule has 1 aliphatic rings. The normalized spacial score (nSPS) is 17.2. The van der Waals surface area contributed by atoms with Crippen molar-refractivity contribution >= 4 is 15.9 Å². The molecule has 1 N–H and O–H groups in total. The van der Waals surface area contributed by atoms with Crippen LogP contribution in [0, 0.1) is 5.92 Å². The number of fused-ring (bicyclic) bond motifs is 1. The van der Waals surface area contributed by atoms with E-state index < -0.39 is 6.10 Å². The van der Waals surface area contributed by atoms with Crippen LogP contribution in [0.4, 0.5) is 0 Å². The van der Waals surface area contributed by atoms with Crippen molar-refractivity contribution in [2.75, 3.05) is 13.7 Å². The lowest BCUT2D eigenvalue weighted by Crippen LogP contribution is -2.34. The Bertz CT molecular complexity index is 445. The molecule has 0 amide bonds. The highest BCUT2D eigenvalue weighted by molar-refractivity contribution is 9.10. The van der Waals surface area contributed by atoms with Gasteiger partial charge in [-0.2, -0.15) is 0 Å². The minimum Gasteiger partial charge on any atom is -0.493 e. The lowest BCUT2D eigenvalue weighted by atomic mass is 9.95. The summed E-state index contributed by atoms with van der Waals surface area (Å²) >= 11 is 3.52. The van der Waals surface area contributed by atoms with Gasteiger partial charge in [0.05, 0.1) is 18.8 Å². The molecule has 106 valence electrons. The third-order valence-electron chi connectivity index (χ3n) is 3.56. The molecule has 1 aromatic rings. The largest absolute Gasteiger partial charge is 0.493 e. The van der Waals surface area contributed by atoms with E-state index in [1.54, 1.807) is 7.11 Å². The number of methoxy groups -OCH3 is 1. The zero-order chi connectivity index (χ0) is 14.0. The molecule has 1 aromatic carbocycles. The number of aliphatic hydroxyl groups is 1. The van der Waals surface area contributed by atoms with E-state index in [0.717, 1.165) is 28.8 Å². The molecule has 4 heteroatoms. The summed E-state index contributed by atoms with van der Waals surface area (Å²) in [7, 11) is 1.65. The van der Waals surface area contributed by atoms with Gasteiger partial charge in [-0.3, -0.25) is 0 Å². The molecule has 0 bridgehead atoms. The molecule has 3 nitrogen and oxygen atoms in total. The second-order valence-electron chi connectivity index (χ2n) is 5.37. The summed E-state index contributed by atoms with van der Waals surface area (Å²) in [5, 5.41) is 10.4. The van der Waals surface area contributed by atoms with E-state index >= 15 is 0 Å². The highest BCUT2D eigenvalue weighted by Gasteiger charge is 2.25. The van der Waals surface area contributed by atoms with Gasteiger partial charge in [0.15, 0.2) is 0 Å². The Labute approximate surface area is 123 Å². The molecule has 0 saturated carbocycles. The van der Waals surface area contributed by atoms with Crippen LogP contribution >= 0.6 is 15.9 Å². The minimum atomic E-state index is -0.521. The molecule has 0 aromatic heterocycles. The Balaban J connectivity index is 2.19. The van der Waals surface area contributed by atoms with Gasteiger partial charge < -0.3 is 14.6 Å². The summed E-state index contributed by atoms with van der Waals surface area (Å²) in [5.41, 5.74) is 2.27. The van der Waals surface area contributed by atoms with Gasteiger partial charge in [0.25, 0.3) is 0 Å². The van der Waals surface area contributed by atoms with Crippen molar-refractivity contribution in [3.8, 4) is 5.75 Å². The van der Waals surface area contributed by atoms with Crippen molar-refractivity contribution in [1.82, 2.24) is 0 Å². The van der Waals surface area contributed by atoms with E-state index in [0.29, 0.717) is 6.42 Å². The Morgan fingerprint density at radius 2 is 2.16 bits per heavy atom. The van der Waals surface area contributed by atoms with Crippen LogP contribution in [-0.2, 0) is 17.6 Å². The van der Waals surface area contributed by atoms with Crippen molar-refractivity contribution in [1.29, 1.82) is 0 Å². The Hall–Kier alpha value is -0.580. The van der Waals surface area contributed by atoms with Gasteiger partial charge in [0, 0.05) is 24.4 Å². The number of halogens is 1.